The Morgan fingerprint density at radius 3 is 2.64 bits per heavy atom. The molecule has 0 amide bonds. The number of hydrogen-bond acceptors (Lipinski definition) is 7. The number of ether oxygens (including phenoxy) is 1. The van der Waals surface area contributed by atoms with Crippen LogP contribution in [0, 0.1) is 5.92 Å². The van der Waals surface area contributed by atoms with E-state index in [0.717, 1.165) is 60.2 Å². The minimum atomic E-state index is -0.0961. The maximum absolute atomic E-state index is 12.1. The van der Waals surface area contributed by atoms with Crippen molar-refractivity contribution < 1.29 is 4.74 Å². The summed E-state index contributed by atoms with van der Waals surface area (Å²) in [7, 11) is 1.91. The summed E-state index contributed by atoms with van der Waals surface area (Å²) < 4.78 is 11.7. The van der Waals surface area contributed by atoms with Crippen LogP contribution in [0.5, 0.6) is 5.88 Å². The lowest BCUT2D eigenvalue weighted by Crippen LogP contribution is -2.29. The van der Waals surface area contributed by atoms with E-state index in [1.807, 2.05) is 25.6 Å². The van der Waals surface area contributed by atoms with E-state index in [-0.39, 0.29) is 17.7 Å². The van der Waals surface area contributed by atoms with Crippen molar-refractivity contribution in [2.75, 3.05) is 11.9 Å². The van der Waals surface area contributed by atoms with Gasteiger partial charge in [0, 0.05) is 61.7 Å². The molecule has 0 aliphatic heterocycles. The highest BCUT2D eigenvalue weighted by Gasteiger charge is 2.27. The van der Waals surface area contributed by atoms with E-state index in [1.54, 1.807) is 16.8 Å². The van der Waals surface area contributed by atoms with Gasteiger partial charge in [0.1, 0.15) is 17.6 Å². The van der Waals surface area contributed by atoms with Gasteiger partial charge < -0.3 is 10.1 Å². The Kier molecular flexibility index (Phi) is 6.75. The van der Waals surface area contributed by atoms with Crippen LogP contribution in [0.1, 0.15) is 52.5 Å². The van der Waals surface area contributed by atoms with Crippen LogP contribution in [0.3, 0.4) is 0 Å². The first-order valence-corrected chi connectivity index (χ1v) is 12.8. The second-order valence-electron chi connectivity index (χ2n) is 9.95. The van der Waals surface area contributed by atoms with Crippen molar-refractivity contribution in [2.45, 2.75) is 65.1 Å². The molecule has 10 heteroatoms. The molecule has 10 nitrogen and oxygen atoms in total. The van der Waals surface area contributed by atoms with E-state index < -0.39 is 0 Å². The fourth-order valence-corrected chi connectivity index (χ4v) is 4.89. The molecule has 5 rings (SSSR count). The van der Waals surface area contributed by atoms with Crippen LogP contribution >= 0.6 is 0 Å². The Balaban J connectivity index is 1.36. The van der Waals surface area contributed by atoms with Gasteiger partial charge in [0.05, 0.1) is 17.8 Å². The van der Waals surface area contributed by atoms with Gasteiger partial charge in [-0.15, -0.1) is 5.10 Å². The Labute approximate surface area is 210 Å². The molecule has 1 aliphatic rings. The van der Waals surface area contributed by atoms with Gasteiger partial charge in [-0.1, -0.05) is 13.8 Å². The van der Waals surface area contributed by atoms with E-state index in [1.165, 1.54) is 4.68 Å². The summed E-state index contributed by atoms with van der Waals surface area (Å²) >= 11 is 0. The van der Waals surface area contributed by atoms with E-state index in [4.69, 9.17) is 9.84 Å². The number of rotatable bonds is 8. The lowest BCUT2D eigenvalue weighted by molar-refractivity contribution is 0.122. The normalized spacial score (nSPS) is 18.1. The summed E-state index contributed by atoms with van der Waals surface area (Å²) in [5, 5.41) is 18.2. The zero-order chi connectivity index (χ0) is 25.2. The van der Waals surface area contributed by atoms with Gasteiger partial charge in [-0.05, 0) is 38.5 Å². The third kappa shape index (κ3) is 4.98. The summed E-state index contributed by atoms with van der Waals surface area (Å²) in [5.74, 6) is 1.71. The molecule has 1 fully saturated rings. The number of aryl methyl sites for hydroxylation is 1. The summed E-state index contributed by atoms with van der Waals surface area (Å²) in [6.45, 7) is 7.59. The average Bonchev–Trinajstić information content (AvgIpc) is 3.45. The standard InChI is InChI=1S/C26H34N8O2/c1-5-27-23-12-22-21(14-28-23)26(18-13-29-32(4)16-18)31-34(22)19-6-8-20(9-7-19)36-24-10-11-25(35)33(30-24)15-17(2)3/h10-14,16-17,19-20H,5-9,15H2,1-4H3,(H,27,28). The Morgan fingerprint density at radius 2 is 1.94 bits per heavy atom. The van der Waals surface area contributed by atoms with E-state index in [9.17, 15) is 4.79 Å². The third-order valence-corrected chi connectivity index (χ3v) is 6.59. The molecule has 1 aliphatic carbocycles. The number of nitrogens with zero attached hydrogens (tertiary/aromatic N) is 7. The Morgan fingerprint density at radius 1 is 1.14 bits per heavy atom. The number of nitrogens with one attached hydrogen (secondary N) is 1. The highest BCUT2D eigenvalue weighted by Crippen LogP contribution is 2.36. The van der Waals surface area contributed by atoms with E-state index in [0.29, 0.717) is 18.3 Å². The minimum Gasteiger partial charge on any atom is -0.473 e. The number of fused-ring (bicyclic) bond motifs is 1. The summed E-state index contributed by atoms with van der Waals surface area (Å²) in [6, 6.07) is 5.58. The number of hydrogen-bond donors (Lipinski definition) is 1. The third-order valence-electron chi connectivity index (χ3n) is 6.59. The molecule has 0 spiro atoms. The number of aromatic nitrogens is 7. The zero-order valence-electron chi connectivity index (χ0n) is 21.4. The fourth-order valence-electron chi connectivity index (χ4n) is 4.89. The van der Waals surface area contributed by atoms with Gasteiger partial charge in [0.2, 0.25) is 5.88 Å². The van der Waals surface area contributed by atoms with Crippen molar-refractivity contribution in [3.63, 3.8) is 0 Å². The van der Waals surface area contributed by atoms with Crippen LogP contribution in [-0.2, 0) is 13.6 Å². The van der Waals surface area contributed by atoms with Crippen molar-refractivity contribution in [1.82, 2.24) is 34.3 Å². The first kappa shape index (κ1) is 24.0. The van der Waals surface area contributed by atoms with E-state index >= 15 is 0 Å². The molecule has 0 unspecified atom stereocenters. The molecular formula is C26H34N8O2. The Bertz CT molecular complexity index is 1390. The molecule has 0 radical (unpaired) electrons. The van der Waals surface area contributed by atoms with Crippen molar-refractivity contribution in [3.8, 4) is 17.1 Å². The van der Waals surface area contributed by atoms with Crippen molar-refractivity contribution in [3.05, 3.63) is 47.1 Å². The lowest BCUT2D eigenvalue weighted by atomic mass is 9.93. The molecule has 0 saturated heterocycles. The van der Waals surface area contributed by atoms with Crippen LogP contribution < -0.4 is 15.6 Å². The quantitative estimate of drug-likeness (QED) is 0.397. The number of pyridine rings is 1. The van der Waals surface area contributed by atoms with Crippen LogP contribution in [0.15, 0.2) is 41.6 Å². The second kappa shape index (κ2) is 10.1. The Hall–Kier alpha value is -3.69. The first-order valence-electron chi connectivity index (χ1n) is 12.8. The predicted octanol–water partition coefficient (Wildman–Crippen LogP) is 4.04. The summed E-state index contributed by atoms with van der Waals surface area (Å²) in [4.78, 5) is 16.7. The van der Waals surface area contributed by atoms with Gasteiger partial charge in [-0.2, -0.15) is 10.2 Å². The molecule has 1 N–H and O–H groups in total. The molecule has 0 atom stereocenters. The molecule has 36 heavy (non-hydrogen) atoms. The van der Waals surface area contributed by atoms with Gasteiger partial charge in [0.15, 0.2) is 0 Å². The molecule has 1 saturated carbocycles. The van der Waals surface area contributed by atoms with Gasteiger partial charge in [0.25, 0.3) is 5.56 Å². The molecule has 190 valence electrons. The fraction of sp³-hybridized carbons (Fsp3) is 0.500. The summed E-state index contributed by atoms with van der Waals surface area (Å²) in [5.41, 5.74) is 2.87. The lowest BCUT2D eigenvalue weighted by Gasteiger charge is -2.29. The van der Waals surface area contributed by atoms with Crippen LogP contribution in [0.25, 0.3) is 22.2 Å². The largest absolute Gasteiger partial charge is 0.473 e. The van der Waals surface area contributed by atoms with E-state index in [2.05, 4.69) is 52.0 Å². The highest BCUT2D eigenvalue weighted by molar-refractivity contribution is 5.93. The number of anilines is 1. The average molecular weight is 491 g/mol. The molecule has 0 aromatic carbocycles. The monoisotopic (exact) mass is 490 g/mol. The first-order chi connectivity index (χ1) is 17.4. The smallest absolute Gasteiger partial charge is 0.266 e. The molecule has 4 heterocycles. The van der Waals surface area contributed by atoms with Crippen molar-refractivity contribution in [2.24, 2.45) is 13.0 Å². The minimum absolute atomic E-state index is 0.0670. The van der Waals surface area contributed by atoms with Crippen LogP contribution in [0.2, 0.25) is 0 Å². The highest BCUT2D eigenvalue weighted by atomic mass is 16.5. The van der Waals surface area contributed by atoms with Crippen LogP contribution in [0.4, 0.5) is 5.82 Å². The summed E-state index contributed by atoms with van der Waals surface area (Å²) in [6.07, 6.45) is 9.48. The van der Waals surface area contributed by atoms with Crippen LogP contribution in [-0.4, -0.2) is 47.0 Å². The maximum atomic E-state index is 12.1. The van der Waals surface area contributed by atoms with Gasteiger partial charge >= 0.3 is 0 Å². The zero-order valence-corrected chi connectivity index (χ0v) is 21.4. The van der Waals surface area contributed by atoms with Gasteiger partial charge in [-0.25, -0.2) is 9.67 Å². The molecule has 4 aromatic heterocycles. The van der Waals surface area contributed by atoms with Crippen molar-refractivity contribution in [1.29, 1.82) is 0 Å². The van der Waals surface area contributed by atoms with Crippen molar-refractivity contribution >= 4 is 16.7 Å². The predicted molar refractivity (Wildman–Crippen MR) is 139 cm³/mol. The molecule has 0 bridgehead atoms. The maximum Gasteiger partial charge on any atom is 0.266 e. The topological polar surface area (TPSA) is 105 Å². The molecular weight excluding hydrogens is 456 g/mol. The van der Waals surface area contributed by atoms with Gasteiger partial charge in [-0.3, -0.25) is 14.2 Å². The SMILES string of the molecule is CCNc1cc2c(cn1)c(-c1cnn(C)c1)nn2C1CCC(Oc2ccc(=O)n(CC(C)C)n2)CC1. The second-order valence-corrected chi connectivity index (χ2v) is 9.95. The molecule has 4 aromatic rings.